The van der Waals surface area contributed by atoms with Gasteiger partial charge in [0.05, 0.1) is 28.7 Å². The molecule has 0 fully saturated rings. The third kappa shape index (κ3) is 3.00. The smallest absolute Gasteiger partial charge is 0.0693 e. The molecule has 0 unspecified atom stereocenters. The average Bonchev–Trinajstić information content (AvgIpc) is 3.42. The second-order valence-corrected chi connectivity index (χ2v) is 9.71. The van der Waals surface area contributed by atoms with Crippen molar-refractivity contribution in [1.82, 2.24) is 9.13 Å². The van der Waals surface area contributed by atoms with Crippen LogP contribution in [0, 0.1) is 0 Å². The van der Waals surface area contributed by atoms with Gasteiger partial charge in [0.1, 0.15) is 0 Å². The van der Waals surface area contributed by atoms with Crippen molar-refractivity contribution in [2.24, 2.45) is 0 Å². The summed E-state index contributed by atoms with van der Waals surface area (Å²) in [6.07, 6.45) is 0. The molecule has 0 amide bonds. The zero-order valence-corrected chi connectivity index (χ0v) is 20.4. The molecule has 0 radical (unpaired) electrons. The van der Waals surface area contributed by atoms with E-state index in [2.05, 4.69) is 128 Å². The van der Waals surface area contributed by atoms with E-state index in [0.717, 1.165) is 32.4 Å². The van der Waals surface area contributed by atoms with Crippen LogP contribution in [0.2, 0.25) is 0 Å². The number of aromatic nitrogens is 2. The van der Waals surface area contributed by atoms with E-state index in [-0.39, 0.29) is 6.61 Å². The van der Waals surface area contributed by atoms with Gasteiger partial charge in [0.25, 0.3) is 0 Å². The first-order valence-corrected chi connectivity index (χ1v) is 12.5. The van der Waals surface area contributed by atoms with Gasteiger partial charge in [0.15, 0.2) is 0 Å². The van der Waals surface area contributed by atoms with Gasteiger partial charge in [-0.25, -0.2) is 0 Å². The van der Waals surface area contributed by atoms with Crippen molar-refractivity contribution in [3.05, 3.63) is 119 Å². The topological polar surface area (TPSA) is 30.1 Å². The third-order valence-corrected chi connectivity index (χ3v) is 7.73. The number of aliphatic hydroxyl groups is 1. The molecule has 7 rings (SSSR count). The minimum Gasteiger partial charge on any atom is -0.392 e. The van der Waals surface area contributed by atoms with Crippen LogP contribution in [0.15, 0.2) is 114 Å². The van der Waals surface area contributed by atoms with Crippen LogP contribution in [0.1, 0.15) is 5.56 Å². The van der Waals surface area contributed by atoms with Crippen molar-refractivity contribution >= 4 is 59.5 Å². The van der Waals surface area contributed by atoms with Gasteiger partial charge in [0, 0.05) is 37.4 Å². The molecule has 5 aromatic carbocycles. The minimum absolute atomic E-state index is 0.0104. The van der Waals surface area contributed by atoms with Crippen LogP contribution >= 0.6 is 15.9 Å². The standard InChI is InChI=1S/C31H21BrN2O/c32-27-15-13-21(17-20(27)19-35)33-30-12-6-3-9-25(30)26-18-22(14-16-31(26)33)34-28-10-4-1-7-23(28)24-8-2-5-11-29(24)34/h1-18,35H,19H2. The molecule has 0 aliphatic rings. The Balaban J connectivity index is 1.55. The van der Waals surface area contributed by atoms with Crippen molar-refractivity contribution < 1.29 is 5.11 Å². The van der Waals surface area contributed by atoms with Crippen molar-refractivity contribution in [3.63, 3.8) is 0 Å². The summed E-state index contributed by atoms with van der Waals surface area (Å²) in [4.78, 5) is 0. The van der Waals surface area contributed by atoms with Gasteiger partial charge in [-0.1, -0.05) is 70.5 Å². The minimum atomic E-state index is -0.0104. The molecule has 0 saturated heterocycles. The number of para-hydroxylation sites is 3. The van der Waals surface area contributed by atoms with E-state index in [0.29, 0.717) is 0 Å². The van der Waals surface area contributed by atoms with E-state index in [1.165, 1.54) is 32.6 Å². The lowest BCUT2D eigenvalue weighted by molar-refractivity contribution is 0.281. The third-order valence-electron chi connectivity index (χ3n) is 6.95. The molecular formula is C31H21BrN2O. The maximum atomic E-state index is 9.84. The highest BCUT2D eigenvalue weighted by atomic mass is 79.9. The Hall–Kier alpha value is -3.86. The molecule has 2 aromatic heterocycles. The molecule has 1 N–H and O–H groups in total. The van der Waals surface area contributed by atoms with Crippen LogP contribution in [0.25, 0.3) is 55.0 Å². The Kier molecular flexibility index (Phi) is 4.59. The van der Waals surface area contributed by atoms with Crippen LogP contribution in [0.5, 0.6) is 0 Å². The Morgan fingerprint density at radius 2 is 0.971 bits per heavy atom. The lowest BCUT2D eigenvalue weighted by atomic mass is 10.1. The zero-order valence-electron chi connectivity index (χ0n) is 18.8. The van der Waals surface area contributed by atoms with Gasteiger partial charge < -0.3 is 14.2 Å². The molecule has 4 heteroatoms. The van der Waals surface area contributed by atoms with Crippen molar-refractivity contribution in [2.75, 3.05) is 0 Å². The summed E-state index contributed by atoms with van der Waals surface area (Å²) in [7, 11) is 0. The Morgan fingerprint density at radius 3 is 1.54 bits per heavy atom. The van der Waals surface area contributed by atoms with Gasteiger partial charge >= 0.3 is 0 Å². The Bertz CT molecular complexity index is 1860. The lowest BCUT2D eigenvalue weighted by Gasteiger charge is -2.12. The quantitative estimate of drug-likeness (QED) is 0.252. The van der Waals surface area contributed by atoms with Gasteiger partial charge in [-0.3, -0.25) is 0 Å². The van der Waals surface area contributed by atoms with Gasteiger partial charge in [0.2, 0.25) is 0 Å². The van der Waals surface area contributed by atoms with E-state index in [9.17, 15) is 5.11 Å². The lowest BCUT2D eigenvalue weighted by Crippen LogP contribution is -1.97. The molecule has 0 spiro atoms. The number of halogens is 1. The Morgan fingerprint density at radius 1 is 0.514 bits per heavy atom. The number of nitrogens with zero attached hydrogens (tertiary/aromatic N) is 2. The second-order valence-electron chi connectivity index (χ2n) is 8.86. The molecule has 0 aliphatic heterocycles. The molecule has 3 nitrogen and oxygen atoms in total. The van der Waals surface area contributed by atoms with E-state index in [1.807, 2.05) is 6.07 Å². The number of rotatable bonds is 3. The fourth-order valence-corrected chi connectivity index (χ4v) is 5.77. The molecule has 2 heterocycles. The summed E-state index contributed by atoms with van der Waals surface area (Å²) in [5.74, 6) is 0. The maximum Gasteiger partial charge on any atom is 0.0693 e. The van der Waals surface area contributed by atoms with Gasteiger partial charge in [-0.15, -0.1) is 0 Å². The molecule has 0 atom stereocenters. The van der Waals surface area contributed by atoms with Crippen molar-refractivity contribution in [1.29, 1.82) is 0 Å². The fraction of sp³-hybridized carbons (Fsp3) is 0.0323. The molecule has 7 aromatic rings. The molecule has 0 bridgehead atoms. The first-order valence-electron chi connectivity index (χ1n) is 11.7. The number of hydrogen-bond acceptors (Lipinski definition) is 1. The first kappa shape index (κ1) is 20.5. The van der Waals surface area contributed by atoms with Gasteiger partial charge in [-0.2, -0.15) is 0 Å². The number of fused-ring (bicyclic) bond motifs is 6. The van der Waals surface area contributed by atoms with E-state index >= 15 is 0 Å². The van der Waals surface area contributed by atoms with Crippen molar-refractivity contribution in [3.8, 4) is 11.4 Å². The van der Waals surface area contributed by atoms with E-state index < -0.39 is 0 Å². The average molecular weight is 517 g/mol. The van der Waals surface area contributed by atoms with E-state index in [4.69, 9.17) is 0 Å². The molecule has 35 heavy (non-hydrogen) atoms. The molecule has 168 valence electrons. The molecule has 0 aliphatic carbocycles. The number of aliphatic hydroxyl groups excluding tert-OH is 1. The highest BCUT2D eigenvalue weighted by Gasteiger charge is 2.16. The Labute approximate surface area is 210 Å². The normalized spacial score (nSPS) is 11.8. The number of hydrogen-bond donors (Lipinski definition) is 1. The number of benzene rings is 5. The van der Waals surface area contributed by atoms with Crippen molar-refractivity contribution in [2.45, 2.75) is 6.61 Å². The van der Waals surface area contributed by atoms with Crippen LogP contribution < -0.4 is 0 Å². The predicted octanol–water partition coefficient (Wildman–Crippen LogP) is 8.14. The van der Waals surface area contributed by atoms with E-state index in [1.54, 1.807) is 0 Å². The highest BCUT2D eigenvalue weighted by Crippen LogP contribution is 2.37. The maximum absolute atomic E-state index is 9.84. The summed E-state index contributed by atoms with van der Waals surface area (Å²) in [6.45, 7) is -0.0104. The van der Waals surface area contributed by atoms with Crippen LogP contribution in [-0.2, 0) is 6.61 Å². The summed E-state index contributed by atoms with van der Waals surface area (Å²) in [5.41, 5.74) is 7.75. The van der Waals surface area contributed by atoms with Crippen LogP contribution in [0.3, 0.4) is 0 Å². The van der Waals surface area contributed by atoms with Gasteiger partial charge in [-0.05, 0) is 60.2 Å². The predicted molar refractivity (Wildman–Crippen MR) is 149 cm³/mol. The SMILES string of the molecule is OCc1cc(-n2c3ccccc3c3cc(-n4c5ccccc5c5ccccc54)ccc32)ccc1Br. The molecule has 0 saturated carbocycles. The molecular weight excluding hydrogens is 496 g/mol. The fourth-order valence-electron chi connectivity index (χ4n) is 5.40. The highest BCUT2D eigenvalue weighted by molar-refractivity contribution is 9.10. The second kappa shape index (κ2) is 7.84. The summed E-state index contributed by atoms with van der Waals surface area (Å²) in [5, 5.41) is 14.8. The van der Waals surface area contributed by atoms with Crippen LogP contribution in [-0.4, -0.2) is 14.2 Å². The summed E-state index contributed by atoms with van der Waals surface area (Å²) in [6, 6.07) is 38.6. The summed E-state index contributed by atoms with van der Waals surface area (Å²) >= 11 is 3.55. The largest absolute Gasteiger partial charge is 0.392 e. The summed E-state index contributed by atoms with van der Waals surface area (Å²) < 4.78 is 5.56. The van der Waals surface area contributed by atoms with Crippen LogP contribution in [0.4, 0.5) is 0 Å². The first-order chi connectivity index (χ1) is 17.2. The monoisotopic (exact) mass is 516 g/mol. The zero-order chi connectivity index (χ0) is 23.5.